The number of amides is 1. The fourth-order valence-corrected chi connectivity index (χ4v) is 2.04. The molecule has 0 radical (unpaired) electrons. The van der Waals surface area contributed by atoms with Crippen molar-refractivity contribution < 1.29 is 37.3 Å². The van der Waals surface area contributed by atoms with Crippen molar-refractivity contribution >= 4 is 5.91 Å². The number of methoxy groups -OCH3 is 1. The molecule has 0 aliphatic rings. The van der Waals surface area contributed by atoms with Crippen LogP contribution in [0.5, 0.6) is 17.2 Å². The number of nitrogens with one attached hydrogen (secondary N) is 1. The third-order valence-corrected chi connectivity index (χ3v) is 3.35. The summed E-state index contributed by atoms with van der Waals surface area (Å²) in [6.45, 7) is -0.138. The number of aliphatic hydroxyl groups excluding tert-OH is 1. The number of carbonyl (C=O) groups excluding carboxylic acids is 1. The van der Waals surface area contributed by atoms with E-state index in [0.29, 0.717) is 11.5 Å². The van der Waals surface area contributed by atoms with Gasteiger partial charge in [-0.2, -0.15) is 0 Å². The van der Waals surface area contributed by atoms with Crippen molar-refractivity contribution in [3.05, 3.63) is 54.1 Å². The highest BCUT2D eigenvalue weighted by Crippen LogP contribution is 2.22. The minimum Gasteiger partial charge on any atom is -0.497 e. The molecule has 2 rings (SSSR count). The zero-order chi connectivity index (χ0) is 19.9. The lowest BCUT2D eigenvalue weighted by Gasteiger charge is -2.14. The maximum Gasteiger partial charge on any atom is 0.573 e. The van der Waals surface area contributed by atoms with Crippen LogP contribution in [0, 0.1) is 0 Å². The summed E-state index contributed by atoms with van der Waals surface area (Å²) >= 11 is 0. The first kappa shape index (κ1) is 20.4. The molecule has 0 aromatic heterocycles. The summed E-state index contributed by atoms with van der Waals surface area (Å²) in [5.74, 6) is 0.229. The number of alkyl halides is 3. The Morgan fingerprint density at radius 3 is 2.15 bits per heavy atom. The number of carbonyl (C=O) groups is 1. The smallest absolute Gasteiger partial charge is 0.497 e. The molecule has 2 aromatic rings. The molecule has 2 aromatic carbocycles. The molecule has 0 unspecified atom stereocenters. The molecule has 0 saturated carbocycles. The van der Waals surface area contributed by atoms with Crippen molar-refractivity contribution in [2.45, 2.75) is 12.5 Å². The van der Waals surface area contributed by atoms with E-state index in [9.17, 15) is 23.1 Å². The molecule has 0 heterocycles. The van der Waals surface area contributed by atoms with E-state index < -0.39 is 24.1 Å². The van der Waals surface area contributed by atoms with E-state index in [1.807, 2.05) is 0 Å². The minimum absolute atomic E-state index is 0.0506. The van der Waals surface area contributed by atoms with Crippen LogP contribution < -0.4 is 19.5 Å². The normalized spacial score (nSPS) is 12.2. The zero-order valence-electron chi connectivity index (χ0n) is 14.3. The standard InChI is InChI=1S/C18H18F3NO5/c1-25-14-6-8-15(9-7-14)26-11-13(23)10-22-17(24)12-2-4-16(5-3-12)27-18(19,20)21/h2-9,13,23H,10-11H2,1H3,(H,22,24)/t13-/m0/s1. The van der Waals surface area contributed by atoms with Crippen molar-refractivity contribution in [2.75, 3.05) is 20.3 Å². The van der Waals surface area contributed by atoms with E-state index in [0.717, 1.165) is 12.1 Å². The summed E-state index contributed by atoms with van der Waals surface area (Å²) in [5.41, 5.74) is 0.132. The van der Waals surface area contributed by atoms with Gasteiger partial charge >= 0.3 is 6.36 Å². The Balaban J connectivity index is 1.76. The quantitative estimate of drug-likeness (QED) is 0.731. The summed E-state index contributed by atoms with van der Waals surface area (Å²) < 4.78 is 50.4. The molecule has 0 aliphatic carbocycles. The van der Waals surface area contributed by atoms with Crippen molar-refractivity contribution in [3.8, 4) is 17.2 Å². The van der Waals surface area contributed by atoms with Crippen LogP contribution in [0.4, 0.5) is 13.2 Å². The molecule has 0 bridgehead atoms. The second-order valence-electron chi connectivity index (χ2n) is 5.42. The van der Waals surface area contributed by atoms with Gasteiger partial charge in [-0.15, -0.1) is 13.2 Å². The van der Waals surface area contributed by atoms with E-state index in [4.69, 9.17) is 9.47 Å². The van der Waals surface area contributed by atoms with Crippen LogP contribution in [0.3, 0.4) is 0 Å². The highest BCUT2D eigenvalue weighted by Gasteiger charge is 2.31. The highest BCUT2D eigenvalue weighted by atomic mass is 19.4. The number of aliphatic hydroxyl groups is 1. The molecule has 2 N–H and O–H groups in total. The lowest BCUT2D eigenvalue weighted by Crippen LogP contribution is -2.35. The van der Waals surface area contributed by atoms with E-state index >= 15 is 0 Å². The summed E-state index contributed by atoms with van der Waals surface area (Å²) in [6.07, 6.45) is -5.76. The van der Waals surface area contributed by atoms with E-state index in [1.54, 1.807) is 31.4 Å². The molecule has 27 heavy (non-hydrogen) atoms. The molecule has 1 amide bonds. The third-order valence-electron chi connectivity index (χ3n) is 3.35. The molecular weight excluding hydrogens is 367 g/mol. The van der Waals surface area contributed by atoms with Crippen molar-refractivity contribution in [1.82, 2.24) is 5.32 Å². The predicted molar refractivity (Wildman–Crippen MR) is 90.0 cm³/mol. The van der Waals surface area contributed by atoms with Gasteiger partial charge in [-0.25, -0.2) is 0 Å². The largest absolute Gasteiger partial charge is 0.573 e. The average Bonchev–Trinajstić information content (AvgIpc) is 2.64. The maximum absolute atomic E-state index is 12.1. The van der Waals surface area contributed by atoms with Gasteiger partial charge in [0.05, 0.1) is 7.11 Å². The topological polar surface area (TPSA) is 77.0 Å². The lowest BCUT2D eigenvalue weighted by atomic mass is 10.2. The molecule has 0 saturated heterocycles. The van der Waals surface area contributed by atoms with Gasteiger partial charge in [-0.3, -0.25) is 4.79 Å². The van der Waals surface area contributed by atoms with Gasteiger partial charge in [0.1, 0.15) is 30.0 Å². The maximum atomic E-state index is 12.1. The third kappa shape index (κ3) is 7.06. The molecule has 9 heteroatoms. The molecule has 0 spiro atoms. The Morgan fingerprint density at radius 2 is 1.59 bits per heavy atom. The van der Waals surface area contributed by atoms with Crippen molar-refractivity contribution in [1.29, 1.82) is 0 Å². The minimum atomic E-state index is -4.79. The lowest BCUT2D eigenvalue weighted by molar-refractivity contribution is -0.274. The predicted octanol–water partition coefficient (Wildman–Crippen LogP) is 2.76. The van der Waals surface area contributed by atoms with E-state index in [1.165, 1.54) is 12.1 Å². The van der Waals surface area contributed by atoms with E-state index in [2.05, 4.69) is 10.1 Å². The van der Waals surface area contributed by atoms with Gasteiger partial charge in [0.2, 0.25) is 0 Å². The summed E-state index contributed by atoms with van der Waals surface area (Å²) in [7, 11) is 1.54. The molecule has 1 atom stereocenters. The van der Waals surface area contributed by atoms with Gasteiger partial charge in [0.15, 0.2) is 0 Å². The summed E-state index contributed by atoms with van der Waals surface area (Å²) in [5, 5.41) is 12.3. The Bertz CT molecular complexity index is 732. The molecule has 146 valence electrons. The molecular formula is C18H18F3NO5. The van der Waals surface area contributed by atoms with Gasteiger partial charge in [0, 0.05) is 12.1 Å². The highest BCUT2D eigenvalue weighted by molar-refractivity contribution is 5.94. The molecule has 6 nitrogen and oxygen atoms in total. The molecule has 0 aliphatic heterocycles. The first-order valence-electron chi connectivity index (χ1n) is 7.86. The zero-order valence-corrected chi connectivity index (χ0v) is 14.3. The summed E-state index contributed by atoms with van der Waals surface area (Å²) in [4.78, 5) is 12.0. The van der Waals surface area contributed by atoms with Crippen LogP contribution in [-0.4, -0.2) is 43.7 Å². The average molecular weight is 385 g/mol. The Labute approximate surface area is 153 Å². The Kier molecular flexibility index (Phi) is 6.89. The van der Waals surface area contributed by atoms with Crippen LogP contribution in [0.15, 0.2) is 48.5 Å². The second kappa shape index (κ2) is 9.13. The van der Waals surface area contributed by atoms with E-state index in [-0.39, 0.29) is 18.7 Å². The monoisotopic (exact) mass is 385 g/mol. The van der Waals surface area contributed by atoms with Gasteiger partial charge in [0.25, 0.3) is 5.91 Å². The number of ether oxygens (including phenoxy) is 3. The Hall–Kier alpha value is -2.94. The number of hydrogen-bond donors (Lipinski definition) is 2. The van der Waals surface area contributed by atoms with Crippen LogP contribution in [-0.2, 0) is 0 Å². The van der Waals surface area contributed by atoms with Gasteiger partial charge in [-0.1, -0.05) is 0 Å². The van der Waals surface area contributed by atoms with Crippen molar-refractivity contribution in [2.24, 2.45) is 0 Å². The van der Waals surface area contributed by atoms with Crippen LogP contribution in [0.2, 0.25) is 0 Å². The molecule has 0 fully saturated rings. The van der Waals surface area contributed by atoms with Crippen LogP contribution in [0.25, 0.3) is 0 Å². The number of halogens is 3. The fraction of sp³-hybridized carbons (Fsp3) is 0.278. The number of hydrogen-bond acceptors (Lipinski definition) is 5. The summed E-state index contributed by atoms with van der Waals surface area (Å²) in [6, 6.07) is 11.2. The second-order valence-corrected chi connectivity index (χ2v) is 5.42. The van der Waals surface area contributed by atoms with Gasteiger partial charge in [-0.05, 0) is 48.5 Å². The van der Waals surface area contributed by atoms with Crippen LogP contribution in [0.1, 0.15) is 10.4 Å². The van der Waals surface area contributed by atoms with Gasteiger partial charge < -0.3 is 24.6 Å². The number of benzene rings is 2. The fourth-order valence-electron chi connectivity index (χ4n) is 2.04. The first-order valence-corrected chi connectivity index (χ1v) is 7.86. The van der Waals surface area contributed by atoms with Crippen LogP contribution >= 0.6 is 0 Å². The SMILES string of the molecule is COc1ccc(OC[C@@H](O)CNC(=O)c2ccc(OC(F)(F)F)cc2)cc1. The number of rotatable bonds is 8. The van der Waals surface area contributed by atoms with Crippen molar-refractivity contribution in [3.63, 3.8) is 0 Å². The first-order chi connectivity index (χ1) is 12.8. The Morgan fingerprint density at radius 1 is 1.04 bits per heavy atom.